The van der Waals surface area contributed by atoms with Gasteiger partial charge in [-0.3, -0.25) is 0 Å². The minimum atomic E-state index is 0.00333. The second kappa shape index (κ2) is 3.40. The molecule has 0 aromatic heterocycles. The van der Waals surface area contributed by atoms with Gasteiger partial charge >= 0.3 is 0 Å². The SMILES string of the molecule is Cc1cc(C)cc(C(C)C#N)c1. The first-order valence-corrected chi connectivity index (χ1v) is 4.11. The predicted molar refractivity (Wildman–Crippen MR) is 49.9 cm³/mol. The third-order valence-corrected chi connectivity index (χ3v) is 1.94. The molecule has 0 amide bonds. The van der Waals surface area contributed by atoms with Crippen LogP contribution in [-0.2, 0) is 0 Å². The molecule has 1 unspecified atom stereocenters. The van der Waals surface area contributed by atoms with Crippen LogP contribution >= 0.6 is 0 Å². The monoisotopic (exact) mass is 159 g/mol. The van der Waals surface area contributed by atoms with Gasteiger partial charge in [-0.05, 0) is 26.3 Å². The van der Waals surface area contributed by atoms with Crippen LogP contribution in [-0.4, -0.2) is 0 Å². The third-order valence-electron chi connectivity index (χ3n) is 1.94. The van der Waals surface area contributed by atoms with Gasteiger partial charge in [-0.2, -0.15) is 5.26 Å². The van der Waals surface area contributed by atoms with Gasteiger partial charge in [-0.1, -0.05) is 29.3 Å². The van der Waals surface area contributed by atoms with E-state index in [-0.39, 0.29) is 5.92 Å². The molecule has 1 nitrogen and oxygen atoms in total. The molecule has 1 rings (SSSR count). The number of nitrogens with zero attached hydrogens (tertiary/aromatic N) is 1. The highest BCUT2D eigenvalue weighted by Gasteiger charge is 2.03. The summed E-state index contributed by atoms with van der Waals surface area (Å²) in [5.41, 5.74) is 3.58. The molecule has 0 bridgehead atoms. The highest BCUT2D eigenvalue weighted by Crippen LogP contribution is 2.17. The van der Waals surface area contributed by atoms with E-state index in [1.165, 1.54) is 11.1 Å². The molecule has 1 aromatic carbocycles. The first-order chi connectivity index (χ1) is 5.63. The van der Waals surface area contributed by atoms with E-state index >= 15 is 0 Å². The lowest BCUT2D eigenvalue weighted by Crippen LogP contribution is -1.91. The average molecular weight is 159 g/mol. The largest absolute Gasteiger partial charge is 0.198 e. The summed E-state index contributed by atoms with van der Waals surface area (Å²) in [5.74, 6) is 0.00333. The molecule has 0 N–H and O–H groups in total. The second-order valence-corrected chi connectivity index (χ2v) is 3.27. The number of rotatable bonds is 1. The van der Waals surface area contributed by atoms with Crippen LogP contribution in [0.3, 0.4) is 0 Å². The third kappa shape index (κ3) is 1.85. The summed E-state index contributed by atoms with van der Waals surface area (Å²) < 4.78 is 0. The molecule has 62 valence electrons. The minimum absolute atomic E-state index is 0.00333. The number of aryl methyl sites for hydroxylation is 2. The molecule has 0 saturated carbocycles. The maximum atomic E-state index is 8.72. The molecule has 0 aliphatic carbocycles. The van der Waals surface area contributed by atoms with Crippen LogP contribution in [0.1, 0.15) is 29.5 Å². The fourth-order valence-corrected chi connectivity index (χ4v) is 1.33. The Kier molecular flexibility index (Phi) is 2.50. The maximum absolute atomic E-state index is 8.72. The smallest absolute Gasteiger partial charge is 0.0700 e. The molecule has 0 aliphatic heterocycles. The van der Waals surface area contributed by atoms with Gasteiger partial charge in [0, 0.05) is 0 Å². The van der Waals surface area contributed by atoms with Crippen LogP contribution in [0.4, 0.5) is 0 Å². The Balaban J connectivity index is 3.10. The molecule has 0 spiro atoms. The van der Waals surface area contributed by atoms with Crippen molar-refractivity contribution in [1.29, 1.82) is 5.26 Å². The average Bonchev–Trinajstić information content (AvgIpc) is 2.01. The zero-order chi connectivity index (χ0) is 9.14. The van der Waals surface area contributed by atoms with E-state index in [0.717, 1.165) is 5.56 Å². The van der Waals surface area contributed by atoms with Crippen LogP contribution in [0.5, 0.6) is 0 Å². The van der Waals surface area contributed by atoms with Gasteiger partial charge in [-0.15, -0.1) is 0 Å². The molecule has 0 aliphatic rings. The molecular weight excluding hydrogens is 146 g/mol. The van der Waals surface area contributed by atoms with Gasteiger partial charge in [0.1, 0.15) is 0 Å². The Morgan fingerprint density at radius 3 is 2.08 bits per heavy atom. The summed E-state index contributed by atoms with van der Waals surface area (Å²) in [7, 11) is 0. The van der Waals surface area contributed by atoms with Crippen LogP contribution in [0.15, 0.2) is 18.2 Å². The quantitative estimate of drug-likeness (QED) is 0.618. The van der Waals surface area contributed by atoms with Crippen molar-refractivity contribution in [3.05, 3.63) is 34.9 Å². The normalized spacial score (nSPS) is 12.2. The minimum Gasteiger partial charge on any atom is -0.198 e. The van der Waals surface area contributed by atoms with Crippen molar-refractivity contribution in [1.82, 2.24) is 0 Å². The fourth-order valence-electron chi connectivity index (χ4n) is 1.33. The topological polar surface area (TPSA) is 23.8 Å². The van der Waals surface area contributed by atoms with Crippen LogP contribution in [0.2, 0.25) is 0 Å². The number of hydrogen-bond acceptors (Lipinski definition) is 1. The van der Waals surface area contributed by atoms with E-state index in [1.54, 1.807) is 0 Å². The summed E-state index contributed by atoms with van der Waals surface area (Å²) >= 11 is 0. The van der Waals surface area contributed by atoms with Gasteiger partial charge in [0.05, 0.1) is 12.0 Å². The maximum Gasteiger partial charge on any atom is 0.0700 e. The molecular formula is C11H13N. The van der Waals surface area contributed by atoms with Gasteiger partial charge in [0.15, 0.2) is 0 Å². The lowest BCUT2D eigenvalue weighted by Gasteiger charge is -2.05. The fraction of sp³-hybridized carbons (Fsp3) is 0.364. The number of benzene rings is 1. The van der Waals surface area contributed by atoms with Gasteiger partial charge in [0.25, 0.3) is 0 Å². The number of nitriles is 1. The van der Waals surface area contributed by atoms with Crippen molar-refractivity contribution in [2.24, 2.45) is 0 Å². The van der Waals surface area contributed by atoms with Crippen molar-refractivity contribution in [3.8, 4) is 6.07 Å². The van der Waals surface area contributed by atoms with Crippen LogP contribution < -0.4 is 0 Å². The van der Waals surface area contributed by atoms with Crippen LogP contribution in [0.25, 0.3) is 0 Å². The zero-order valence-corrected chi connectivity index (χ0v) is 7.76. The van der Waals surface area contributed by atoms with E-state index in [9.17, 15) is 0 Å². The summed E-state index contributed by atoms with van der Waals surface area (Å²) in [4.78, 5) is 0. The lowest BCUT2D eigenvalue weighted by atomic mass is 9.98. The van der Waals surface area contributed by atoms with Crippen LogP contribution in [0, 0.1) is 25.2 Å². The molecule has 0 radical (unpaired) electrons. The molecule has 1 heteroatoms. The summed E-state index contributed by atoms with van der Waals surface area (Å²) in [6, 6.07) is 8.49. The Labute approximate surface area is 73.6 Å². The number of hydrogen-bond donors (Lipinski definition) is 0. The first kappa shape index (κ1) is 8.80. The molecule has 0 heterocycles. The van der Waals surface area contributed by atoms with Crippen molar-refractivity contribution in [3.63, 3.8) is 0 Å². The zero-order valence-electron chi connectivity index (χ0n) is 7.76. The molecule has 12 heavy (non-hydrogen) atoms. The van der Waals surface area contributed by atoms with Crippen molar-refractivity contribution >= 4 is 0 Å². The summed E-state index contributed by atoms with van der Waals surface area (Å²) in [6.45, 7) is 6.04. The Morgan fingerprint density at radius 2 is 1.67 bits per heavy atom. The molecule has 1 atom stereocenters. The van der Waals surface area contributed by atoms with E-state index in [2.05, 4.69) is 38.1 Å². The van der Waals surface area contributed by atoms with E-state index in [0.29, 0.717) is 0 Å². The van der Waals surface area contributed by atoms with Crippen molar-refractivity contribution < 1.29 is 0 Å². The van der Waals surface area contributed by atoms with Gasteiger partial charge in [0.2, 0.25) is 0 Å². The summed E-state index contributed by atoms with van der Waals surface area (Å²) in [6.07, 6.45) is 0. The Hall–Kier alpha value is -1.29. The highest BCUT2D eigenvalue weighted by molar-refractivity contribution is 5.32. The van der Waals surface area contributed by atoms with E-state index in [4.69, 9.17) is 5.26 Å². The Bertz CT molecular complexity index is 300. The molecule has 0 fully saturated rings. The predicted octanol–water partition coefficient (Wildman–Crippen LogP) is 2.93. The van der Waals surface area contributed by atoms with Gasteiger partial charge < -0.3 is 0 Å². The highest BCUT2D eigenvalue weighted by atomic mass is 14.3. The van der Waals surface area contributed by atoms with E-state index in [1.807, 2.05) is 6.92 Å². The van der Waals surface area contributed by atoms with Crippen molar-refractivity contribution in [2.45, 2.75) is 26.7 Å². The second-order valence-electron chi connectivity index (χ2n) is 3.27. The standard InChI is InChI=1S/C11H13N/c1-8-4-9(2)6-11(5-8)10(3)7-12/h4-6,10H,1-3H3. The van der Waals surface area contributed by atoms with E-state index < -0.39 is 0 Å². The molecule has 0 saturated heterocycles. The van der Waals surface area contributed by atoms with Crippen molar-refractivity contribution in [2.75, 3.05) is 0 Å². The first-order valence-electron chi connectivity index (χ1n) is 4.11. The Morgan fingerprint density at radius 1 is 1.17 bits per heavy atom. The summed E-state index contributed by atoms with van der Waals surface area (Å²) in [5, 5.41) is 8.72. The van der Waals surface area contributed by atoms with Gasteiger partial charge in [-0.25, -0.2) is 0 Å². The molecule has 1 aromatic rings. The lowest BCUT2D eigenvalue weighted by molar-refractivity contribution is 0.975.